The molecule has 1 aliphatic heterocycles. The van der Waals surface area contributed by atoms with Gasteiger partial charge in [-0.1, -0.05) is 0 Å². The smallest absolute Gasteiger partial charge is 0.255 e. The number of carbonyl (C=O) groups excluding carboxylic acids is 1. The van der Waals surface area contributed by atoms with Crippen LogP contribution in [0.25, 0.3) is 10.9 Å². The van der Waals surface area contributed by atoms with Crippen LogP contribution in [-0.2, 0) is 0 Å². The zero-order chi connectivity index (χ0) is 20.4. The molecule has 0 spiro atoms. The molecule has 1 fully saturated rings. The summed E-state index contributed by atoms with van der Waals surface area (Å²) in [5.74, 6) is 1.64. The van der Waals surface area contributed by atoms with Gasteiger partial charge in [-0.15, -0.1) is 0 Å². The number of hydrogen-bond acceptors (Lipinski definition) is 5. The number of amides is 1. The number of benzene rings is 2. The van der Waals surface area contributed by atoms with E-state index in [4.69, 9.17) is 9.47 Å². The number of hydrogen-bond donors (Lipinski definition) is 0. The number of anilines is 1. The average molecular weight is 391 g/mol. The van der Waals surface area contributed by atoms with Crippen molar-refractivity contribution in [3.05, 3.63) is 59.8 Å². The molecule has 1 aliphatic rings. The molecule has 0 radical (unpaired) electrons. The molecule has 0 unspecified atom stereocenters. The first-order valence-electron chi connectivity index (χ1n) is 9.72. The van der Waals surface area contributed by atoms with Gasteiger partial charge in [-0.2, -0.15) is 0 Å². The zero-order valence-corrected chi connectivity index (χ0v) is 17.0. The number of ether oxygens (including phenoxy) is 2. The molecule has 0 atom stereocenters. The maximum atomic E-state index is 13.2. The Morgan fingerprint density at radius 1 is 0.897 bits per heavy atom. The van der Waals surface area contributed by atoms with E-state index in [1.807, 2.05) is 48.2 Å². The summed E-state index contributed by atoms with van der Waals surface area (Å²) in [7, 11) is 3.30. The highest BCUT2D eigenvalue weighted by Crippen LogP contribution is 2.24. The predicted octanol–water partition coefficient (Wildman–Crippen LogP) is 3.52. The molecule has 0 saturated carbocycles. The predicted molar refractivity (Wildman–Crippen MR) is 114 cm³/mol. The van der Waals surface area contributed by atoms with Gasteiger partial charge in [0, 0.05) is 37.3 Å². The van der Waals surface area contributed by atoms with E-state index in [2.05, 4.69) is 22.0 Å². The summed E-state index contributed by atoms with van der Waals surface area (Å²) in [5, 5.41) is 0.912. The Morgan fingerprint density at radius 3 is 2.21 bits per heavy atom. The van der Waals surface area contributed by atoms with Gasteiger partial charge >= 0.3 is 0 Å². The molecule has 0 aliphatic carbocycles. The van der Waals surface area contributed by atoms with Crippen LogP contribution in [0.4, 0.5) is 5.69 Å². The van der Waals surface area contributed by atoms with Crippen molar-refractivity contribution >= 4 is 22.5 Å². The van der Waals surface area contributed by atoms with E-state index in [9.17, 15) is 4.79 Å². The maximum Gasteiger partial charge on any atom is 0.255 e. The first-order chi connectivity index (χ1) is 14.1. The Morgan fingerprint density at radius 2 is 1.55 bits per heavy atom. The fourth-order valence-corrected chi connectivity index (χ4v) is 3.73. The number of aromatic nitrogens is 1. The molecule has 0 bridgehead atoms. The van der Waals surface area contributed by atoms with Crippen molar-refractivity contribution in [2.24, 2.45) is 0 Å². The van der Waals surface area contributed by atoms with Gasteiger partial charge in [0.05, 0.1) is 31.0 Å². The van der Waals surface area contributed by atoms with Crippen molar-refractivity contribution in [3.63, 3.8) is 0 Å². The number of piperazine rings is 1. The van der Waals surface area contributed by atoms with Gasteiger partial charge in [-0.25, -0.2) is 0 Å². The van der Waals surface area contributed by atoms with Crippen LogP contribution in [0.1, 0.15) is 16.1 Å². The van der Waals surface area contributed by atoms with Crippen LogP contribution in [0.5, 0.6) is 11.5 Å². The third kappa shape index (κ3) is 3.83. The van der Waals surface area contributed by atoms with Crippen molar-refractivity contribution in [3.8, 4) is 11.5 Å². The van der Waals surface area contributed by atoms with Gasteiger partial charge < -0.3 is 19.3 Å². The molecule has 6 nitrogen and oxygen atoms in total. The quantitative estimate of drug-likeness (QED) is 0.681. The van der Waals surface area contributed by atoms with E-state index in [0.717, 1.165) is 46.9 Å². The molecule has 2 aromatic carbocycles. The Bertz CT molecular complexity index is 1030. The summed E-state index contributed by atoms with van der Waals surface area (Å²) >= 11 is 0. The van der Waals surface area contributed by atoms with Gasteiger partial charge in [0.15, 0.2) is 0 Å². The summed E-state index contributed by atoms with van der Waals surface area (Å²) in [5.41, 5.74) is 3.42. The third-order valence-electron chi connectivity index (χ3n) is 5.45. The first-order valence-corrected chi connectivity index (χ1v) is 9.72. The third-order valence-corrected chi connectivity index (χ3v) is 5.45. The fraction of sp³-hybridized carbons (Fsp3) is 0.304. The highest BCUT2D eigenvalue weighted by molar-refractivity contribution is 5.99. The molecule has 3 aromatic rings. The summed E-state index contributed by atoms with van der Waals surface area (Å²) in [6.45, 7) is 4.85. The average Bonchev–Trinajstić information content (AvgIpc) is 2.78. The second kappa shape index (κ2) is 7.99. The van der Waals surface area contributed by atoms with Crippen LogP contribution < -0.4 is 14.4 Å². The normalized spacial score (nSPS) is 14.2. The minimum Gasteiger partial charge on any atom is -0.497 e. The minimum absolute atomic E-state index is 0.0362. The van der Waals surface area contributed by atoms with Crippen molar-refractivity contribution in [1.29, 1.82) is 0 Å². The van der Waals surface area contributed by atoms with Gasteiger partial charge in [0.25, 0.3) is 5.91 Å². The highest BCUT2D eigenvalue weighted by Gasteiger charge is 2.24. The van der Waals surface area contributed by atoms with E-state index in [1.165, 1.54) is 0 Å². The second-order valence-electron chi connectivity index (χ2n) is 7.16. The van der Waals surface area contributed by atoms with Gasteiger partial charge in [0.1, 0.15) is 11.5 Å². The topological polar surface area (TPSA) is 54.9 Å². The van der Waals surface area contributed by atoms with Gasteiger partial charge in [0.2, 0.25) is 0 Å². The molecule has 2 heterocycles. The lowest BCUT2D eigenvalue weighted by molar-refractivity contribution is 0.0745. The molecule has 6 heteroatoms. The number of methoxy groups -OCH3 is 2. The molecular formula is C23H25N3O3. The van der Waals surface area contributed by atoms with Crippen LogP contribution in [-0.4, -0.2) is 56.2 Å². The lowest BCUT2D eigenvalue weighted by Gasteiger charge is -2.36. The summed E-state index contributed by atoms with van der Waals surface area (Å²) in [4.78, 5) is 22.0. The molecule has 29 heavy (non-hydrogen) atoms. The molecule has 4 rings (SSSR count). The monoisotopic (exact) mass is 391 g/mol. The van der Waals surface area contributed by atoms with E-state index in [1.54, 1.807) is 14.2 Å². The molecule has 1 aromatic heterocycles. The second-order valence-corrected chi connectivity index (χ2v) is 7.16. The van der Waals surface area contributed by atoms with E-state index < -0.39 is 0 Å². The number of aryl methyl sites for hydroxylation is 1. The van der Waals surface area contributed by atoms with Crippen LogP contribution in [0, 0.1) is 6.92 Å². The lowest BCUT2D eigenvalue weighted by atomic mass is 10.1. The fourth-order valence-electron chi connectivity index (χ4n) is 3.73. The number of nitrogens with zero attached hydrogens (tertiary/aromatic N) is 3. The summed E-state index contributed by atoms with van der Waals surface area (Å²) < 4.78 is 10.5. The van der Waals surface area contributed by atoms with Crippen LogP contribution in [0.2, 0.25) is 0 Å². The minimum atomic E-state index is 0.0362. The van der Waals surface area contributed by atoms with Gasteiger partial charge in [-0.05, 0) is 55.5 Å². The van der Waals surface area contributed by atoms with Crippen LogP contribution in [0.15, 0.2) is 48.5 Å². The van der Waals surface area contributed by atoms with Crippen molar-refractivity contribution in [2.45, 2.75) is 6.92 Å². The van der Waals surface area contributed by atoms with Crippen molar-refractivity contribution in [1.82, 2.24) is 9.88 Å². The standard InChI is InChI=1S/C23H25N3O3/c1-16-21(15-17-14-20(29-3)8-9-22(17)24-16)23(27)26-12-10-25(11-13-26)18-4-6-19(28-2)7-5-18/h4-9,14-15H,10-13H2,1-3H3. The van der Waals surface area contributed by atoms with E-state index in [0.29, 0.717) is 18.7 Å². The van der Waals surface area contributed by atoms with Gasteiger partial charge in [-0.3, -0.25) is 9.78 Å². The molecule has 0 N–H and O–H groups in total. The van der Waals surface area contributed by atoms with Crippen LogP contribution in [0.3, 0.4) is 0 Å². The highest BCUT2D eigenvalue weighted by atomic mass is 16.5. The largest absolute Gasteiger partial charge is 0.497 e. The Kier molecular flexibility index (Phi) is 5.25. The number of fused-ring (bicyclic) bond motifs is 1. The number of carbonyl (C=O) groups is 1. The molecule has 150 valence electrons. The number of pyridine rings is 1. The Labute approximate surface area is 170 Å². The molecule has 1 amide bonds. The number of rotatable bonds is 4. The SMILES string of the molecule is COc1ccc(N2CCN(C(=O)c3cc4cc(OC)ccc4nc3C)CC2)cc1. The van der Waals surface area contributed by atoms with Crippen LogP contribution >= 0.6 is 0 Å². The van der Waals surface area contributed by atoms with E-state index >= 15 is 0 Å². The first kappa shape index (κ1) is 19.1. The van der Waals surface area contributed by atoms with Crippen molar-refractivity contribution < 1.29 is 14.3 Å². The molecular weight excluding hydrogens is 366 g/mol. The lowest BCUT2D eigenvalue weighted by Crippen LogP contribution is -2.49. The maximum absolute atomic E-state index is 13.2. The Hall–Kier alpha value is -3.28. The summed E-state index contributed by atoms with van der Waals surface area (Å²) in [6.07, 6.45) is 0. The Balaban J connectivity index is 1.49. The van der Waals surface area contributed by atoms with E-state index in [-0.39, 0.29) is 5.91 Å². The summed E-state index contributed by atoms with van der Waals surface area (Å²) in [6, 6.07) is 15.7. The molecule has 1 saturated heterocycles. The zero-order valence-electron chi connectivity index (χ0n) is 17.0. The van der Waals surface area contributed by atoms with Crippen molar-refractivity contribution in [2.75, 3.05) is 45.3 Å².